The van der Waals surface area contributed by atoms with Crippen molar-refractivity contribution in [3.63, 3.8) is 0 Å². The number of H-pyrrole nitrogens is 1. The lowest BCUT2D eigenvalue weighted by atomic mass is 9.93. The lowest BCUT2D eigenvalue weighted by Crippen LogP contribution is -2.27. The van der Waals surface area contributed by atoms with E-state index < -0.39 is 0 Å². The lowest BCUT2D eigenvalue weighted by Gasteiger charge is -2.21. The summed E-state index contributed by atoms with van der Waals surface area (Å²) >= 11 is 0. The molecule has 2 aromatic rings. The molecule has 1 fully saturated rings. The number of hydrogen-bond donors (Lipinski definition) is 2. The lowest BCUT2D eigenvalue weighted by molar-refractivity contribution is 0.352. The number of pyridine rings is 1. The number of aromatic nitrogens is 3. The molecule has 0 aliphatic carbocycles. The average molecular weight is 230 g/mol. The highest BCUT2D eigenvalue weighted by atomic mass is 14.9. The quantitative estimate of drug-likeness (QED) is 0.846. The van der Waals surface area contributed by atoms with E-state index in [4.69, 9.17) is 0 Å². The summed E-state index contributed by atoms with van der Waals surface area (Å²) in [5.41, 5.74) is 2.08. The molecule has 0 amide bonds. The Bertz CT molecular complexity index is 452. The third kappa shape index (κ3) is 2.47. The van der Waals surface area contributed by atoms with Gasteiger partial charge in [0.1, 0.15) is 5.82 Å². The van der Waals surface area contributed by atoms with Crippen LogP contribution in [0.4, 0.5) is 0 Å². The Morgan fingerprint density at radius 1 is 1.29 bits per heavy atom. The number of nitrogens with one attached hydrogen (secondary N) is 2. The SMILES string of the molecule is c1cc2nc(CCC3CCNCC3)[nH]c2cn1. The summed E-state index contributed by atoms with van der Waals surface area (Å²) in [5, 5.41) is 3.40. The van der Waals surface area contributed by atoms with Gasteiger partial charge in [0.05, 0.1) is 17.2 Å². The minimum absolute atomic E-state index is 0.864. The van der Waals surface area contributed by atoms with Gasteiger partial charge in [-0.15, -0.1) is 0 Å². The van der Waals surface area contributed by atoms with Crippen LogP contribution in [0.25, 0.3) is 11.0 Å². The molecule has 0 saturated carbocycles. The topological polar surface area (TPSA) is 53.6 Å². The van der Waals surface area contributed by atoms with Crippen molar-refractivity contribution in [1.29, 1.82) is 0 Å². The zero-order valence-corrected chi connectivity index (χ0v) is 9.95. The van der Waals surface area contributed by atoms with E-state index in [0.717, 1.165) is 29.2 Å². The molecule has 0 bridgehead atoms. The molecular weight excluding hydrogens is 212 g/mol. The Morgan fingerprint density at radius 3 is 3.00 bits per heavy atom. The highest BCUT2D eigenvalue weighted by Crippen LogP contribution is 2.18. The first-order chi connectivity index (χ1) is 8.42. The summed E-state index contributed by atoms with van der Waals surface area (Å²) in [6.07, 6.45) is 8.55. The van der Waals surface area contributed by atoms with E-state index in [1.54, 1.807) is 6.20 Å². The smallest absolute Gasteiger partial charge is 0.107 e. The van der Waals surface area contributed by atoms with Crippen molar-refractivity contribution in [2.45, 2.75) is 25.7 Å². The number of imidazole rings is 1. The van der Waals surface area contributed by atoms with Gasteiger partial charge in [0.2, 0.25) is 0 Å². The molecule has 0 radical (unpaired) electrons. The van der Waals surface area contributed by atoms with Crippen LogP contribution < -0.4 is 5.32 Å². The van der Waals surface area contributed by atoms with E-state index >= 15 is 0 Å². The summed E-state index contributed by atoms with van der Waals surface area (Å²) in [5.74, 6) is 1.97. The Hall–Kier alpha value is -1.42. The molecule has 0 spiro atoms. The van der Waals surface area contributed by atoms with E-state index in [9.17, 15) is 0 Å². The fraction of sp³-hybridized carbons (Fsp3) is 0.538. The molecule has 2 N–H and O–H groups in total. The van der Waals surface area contributed by atoms with Crippen LogP contribution in [-0.2, 0) is 6.42 Å². The molecule has 0 aromatic carbocycles. The molecule has 3 heterocycles. The van der Waals surface area contributed by atoms with Gasteiger partial charge >= 0.3 is 0 Å². The standard InChI is InChI=1S/C13H18N4/c1(10-3-6-14-7-4-10)2-13-16-11-5-8-15-9-12(11)17-13/h5,8-10,14H,1-4,6-7H2,(H,16,17). The van der Waals surface area contributed by atoms with Crippen LogP contribution in [-0.4, -0.2) is 28.0 Å². The number of aromatic amines is 1. The van der Waals surface area contributed by atoms with Gasteiger partial charge in [0.15, 0.2) is 0 Å². The summed E-state index contributed by atoms with van der Waals surface area (Å²) in [4.78, 5) is 12.0. The van der Waals surface area contributed by atoms with Crippen LogP contribution in [0.5, 0.6) is 0 Å². The van der Waals surface area contributed by atoms with E-state index in [2.05, 4.69) is 20.3 Å². The number of piperidine rings is 1. The first kappa shape index (κ1) is 10.7. The van der Waals surface area contributed by atoms with Crippen molar-refractivity contribution < 1.29 is 0 Å². The largest absolute Gasteiger partial charge is 0.341 e. The second-order valence-electron chi connectivity index (χ2n) is 4.81. The molecule has 0 atom stereocenters. The average Bonchev–Trinajstić information content (AvgIpc) is 2.80. The predicted octanol–water partition coefficient (Wildman–Crippen LogP) is 1.89. The van der Waals surface area contributed by atoms with Gasteiger partial charge in [-0.1, -0.05) is 0 Å². The Labute approximate surface area is 101 Å². The molecule has 0 unspecified atom stereocenters. The summed E-state index contributed by atoms with van der Waals surface area (Å²) < 4.78 is 0. The maximum absolute atomic E-state index is 4.59. The monoisotopic (exact) mass is 230 g/mol. The van der Waals surface area contributed by atoms with Crippen LogP contribution in [0, 0.1) is 5.92 Å². The Balaban J connectivity index is 1.64. The van der Waals surface area contributed by atoms with Crippen molar-refractivity contribution in [1.82, 2.24) is 20.3 Å². The number of fused-ring (bicyclic) bond motifs is 1. The second-order valence-corrected chi connectivity index (χ2v) is 4.81. The van der Waals surface area contributed by atoms with Crippen molar-refractivity contribution in [2.75, 3.05) is 13.1 Å². The summed E-state index contributed by atoms with van der Waals surface area (Å²) in [7, 11) is 0. The Morgan fingerprint density at radius 2 is 2.18 bits per heavy atom. The highest BCUT2D eigenvalue weighted by Gasteiger charge is 2.13. The van der Waals surface area contributed by atoms with Crippen LogP contribution in [0.15, 0.2) is 18.5 Å². The van der Waals surface area contributed by atoms with Gasteiger partial charge in [-0.3, -0.25) is 4.98 Å². The summed E-state index contributed by atoms with van der Waals surface area (Å²) in [6, 6.07) is 1.96. The van der Waals surface area contributed by atoms with Crippen molar-refractivity contribution in [3.8, 4) is 0 Å². The van der Waals surface area contributed by atoms with E-state index in [1.165, 1.54) is 32.4 Å². The molecule has 2 aromatic heterocycles. The van der Waals surface area contributed by atoms with Crippen molar-refractivity contribution in [2.24, 2.45) is 5.92 Å². The molecule has 4 heteroatoms. The number of hydrogen-bond acceptors (Lipinski definition) is 3. The van der Waals surface area contributed by atoms with E-state index in [0.29, 0.717) is 0 Å². The first-order valence-electron chi connectivity index (χ1n) is 6.41. The molecule has 3 rings (SSSR count). The molecule has 17 heavy (non-hydrogen) atoms. The van der Waals surface area contributed by atoms with Gasteiger partial charge in [-0.2, -0.15) is 0 Å². The van der Waals surface area contributed by atoms with Gasteiger partial charge < -0.3 is 10.3 Å². The van der Waals surface area contributed by atoms with E-state index in [1.807, 2.05) is 12.3 Å². The van der Waals surface area contributed by atoms with Crippen molar-refractivity contribution >= 4 is 11.0 Å². The summed E-state index contributed by atoms with van der Waals surface area (Å²) in [6.45, 7) is 2.35. The number of rotatable bonds is 3. The number of aryl methyl sites for hydroxylation is 1. The van der Waals surface area contributed by atoms with Crippen LogP contribution in [0.2, 0.25) is 0 Å². The Kier molecular flexibility index (Phi) is 3.05. The highest BCUT2D eigenvalue weighted by molar-refractivity contribution is 5.73. The second kappa shape index (κ2) is 4.84. The molecule has 1 saturated heterocycles. The molecular formula is C13H18N4. The fourth-order valence-corrected chi connectivity index (χ4v) is 2.54. The third-order valence-corrected chi connectivity index (χ3v) is 3.58. The number of nitrogens with zero attached hydrogens (tertiary/aromatic N) is 2. The predicted molar refractivity (Wildman–Crippen MR) is 67.8 cm³/mol. The molecule has 90 valence electrons. The fourth-order valence-electron chi connectivity index (χ4n) is 2.54. The maximum Gasteiger partial charge on any atom is 0.107 e. The van der Waals surface area contributed by atoms with Gasteiger partial charge in [-0.25, -0.2) is 4.98 Å². The molecule has 4 nitrogen and oxygen atoms in total. The maximum atomic E-state index is 4.59. The molecule has 1 aliphatic heterocycles. The normalized spacial score (nSPS) is 17.6. The van der Waals surface area contributed by atoms with Crippen molar-refractivity contribution in [3.05, 3.63) is 24.3 Å². The third-order valence-electron chi connectivity index (χ3n) is 3.58. The minimum atomic E-state index is 0.864. The van der Waals surface area contributed by atoms with Gasteiger partial charge in [0.25, 0.3) is 0 Å². The van der Waals surface area contributed by atoms with E-state index in [-0.39, 0.29) is 0 Å². The zero-order valence-electron chi connectivity index (χ0n) is 9.95. The van der Waals surface area contributed by atoms with Gasteiger partial charge in [-0.05, 0) is 44.3 Å². The first-order valence-corrected chi connectivity index (χ1v) is 6.41. The minimum Gasteiger partial charge on any atom is -0.341 e. The van der Waals surface area contributed by atoms with Crippen LogP contribution >= 0.6 is 0 Å². The molecule has 1 aliphatic rings. The zero-order chi connectivity index (χ0) is 11.5. The van der Waals surface area contributed by atoms with Crippen LogP contribution in [0.1, 0.15) is 25.1 Å². The van der Waals surface area contributed by atoms with Gasteiger partial charge in [0, 0.05) is 12.6 Å². The van der Waals surface area contributed by atoms with Crippen LogP contribution in [0.3, 0.4) is 0 Å².